The number of carbonyl (C=O) groups excluding carboxylic acids is 1. The smallest absolute Gasteiger partial charge is 0.321 e. The topological polar surface area (TPSA) is 111 Å². The number of sulfonamides is 1. The van der Waals surface area contributed by atoms with Crippen molar-refractivity contribution in [3.63, 3.8) is 0 Å². The zero-order valence-electron chi connectivity index (χ0n) is 24.7. The molecule has 226 valence electrons. The average Bonchev–Trinajstić information content (AvgIpc) is 3.37. The van der Waals surface area contributed by atoms with Crippen LogP contribution in [0.15, 0.2) is 77.2 Å². The number of anilines is 1. The summed E-state index contributed by atoms with van der Waals surface area (Å²) in [7, 11) is -3.88. The van der Waals surface area contributed by atoms with Gasteiger partial charge in [0.15, 0.2) is 0 Å². The maximum atomic E-state index is 13.7. The zero-order chi connectivity index (χ0) is 30.4. The van der Waals surface area contributed by atoms with E-state index in [-0.39, 0.29) is 19.7 Å². The van der Waals surface area contributed by atoms with Gasteiger partial charge in [0, 0.05) is 24.2 Å². The van der Waals surface area contributed by atoms with E-state index in [2.05, 4.69) is 10.3 Å². The Bertz CT molecular complexity index is 1650. The minimum Gasteiger partial charge on any atom is -0.493 e. The second-order valence-corrected chi connectivity index (χ2v) is 12.7. The van der Waals surface area contributed by atoms with Gasteiger partial charge in [0.25, 0.3) is 0 Å². The molecule has 0 radical (unpaired) electrons. The number of oxazole rings is 1. The SMILES string of the molecule is CCOC(=O)CN(Cc1ccc(OCCc2nc(-c3ccc(C)cc3)oc2C)cc1)S(=O)(=O)C1CCc2ccccc2N1. The lowest BCUT2D eigenvalue weighted by atomic mass is 10.0. The van der Waals surface area contributed by atoms with Crippen LogP contribution in [-0.2, 0) is 38.9 Å². The minimum atomic E-state index is -3.88. The number of nitrogens with zero attached hydrogens (tertiary/aromatic N) is 2. The van der Waals surface area contributed by atoms with Crippen LogP contribution in [0.1, 0.15) is 41.5 Å². The molecule has 10 heteroatoms. The second-order valence-electron chi connectivity index (χ2n) is 10.6. The number of aromatic nitrogens is 1. The van der Waals surface area contributed by atoms with Gasteiger partial charge in [0.1, 0.15) is 23.4 Å². The van der Waals surface area contributed by atoms with E-state index in [9.17, 15) is 13.2 Å². The molecule has 0 spiro atoms. The highest BCUT2D eigenvalue weighted by Crippen LogP contribution is 2.29. The Labute approximate surface area is 252 Å². The number of hydrogen-bond acceptors (Lipinski definition) is 8. The standard InChI is InChI=1S/C33H37N3O6S/c1-4-40-32(37)22-36(43(38,39)31-18-15-26-7-5-6-8-30(26)34-31)21-25-11-16-28(17-12-25)41-20-19-29-24(3)42-33(35-29)27-13-9-23(2)10-14-27/h5-14,16-17,31,34H,4,15,18-22H2,1-3H3. The largest absolute Gasteiger partial charge is 0.493 e. The normalized spacial score (nSPS) is 14.7. The minimum absolute atomic E-state index is 0.0289. The number of hydrogen-bond donors (Lipinski definition) is 1. The maximum Gasteiger partial charge on any atom is 0.321 e. The quantitative estimate of drug-likeness (QED) is 0.207. The van der Waals surface area contributed by atoms with Gasteiger partial charge in [-0.1, -0.05) is 48.0 Å². The van der Waals surface area contributed by atoms with Gasteiger partial charge in [-0.15, -0.1) is 0 Å². The van der Waals surface area contributed by atoms with Crippen molar-refractivity contribution in [1.29, 1.82) is 0 Å². The van der Waals surface area contributed by atoms with Crippen LogP contribution >= 0.6 is 0 Å². The molecule has 1 atom stereocenters. The Morgan fingerprint density at radius 1 is 1.05 bits per heavy atom. The van der Waals surface area contributed by atoms with Crippen molar-refractivity contribution in [3.8, 4) is 17.2 Å². The number of fused-ring (bicyclic) bond motifs is 1. The van der Waals surface area contributed by atoms with E-state index < -0.39 is 21.4 Å². The van der Waals surface area contributed by atoms with Crippen LogP contribution in [0, 0.1) is 13.8 Å². The Hall–Kier alpha value is -4.15. The Morgan fingerprint density at radius 3 is 2.53 bits per heavy atom. The molecule has 3 aromatic carbocycles. The van der Waals surface area contributed by atoms with E-state index in [0.29, 0.717) is 37.5 Å². The number of esters is 1. The monoisotopic (exact) mass is 603 g/mol. The van der Waals surface area contributed by atoms with Gasteiger partial charge >= 0.3 is 5.97 Å². The average molecular weight is 604 g/mol. The summed E-state index contributed by atoms with van der Waals surface area (Å²) in [6.07, 6.45) is 1.61. The Morgan fingerprint density at radius 2 is 1.79 bits per heavy atom. The first-order chi connectivity index (χ1) is 20.7. The van der Waals surface area contributed by atoms with Gasteiger partial charge in [-0.3, -0.25) is 4.79 Å². The number of aryl methyl sites for hydroxylation is 3. The van der Waals surface area contributed by atoms with Crippen molar-refractivity contribution in [2.24, 2.45) is 0 Å². The van der Waals surface area contributed by atoms with Crippen LogP contribution in [-0.4, -0.2) is 48.8 Å². The second kappa shape index (κ2) is 13.4. The summed E-state index contributed by atoms with van der Waals surface area (Å²) in [5.74, 6) is 1.41. The summed E-state index contributed by atoms with van der Waals surface area (Å²) >= 11 is 0. The summed E-state index contributed by atoms with van der Waals surface area (Å²) in [6, 6.07) is 22.9. The highest BCUT2D eigenvalue weighted by Gasteiger charge is 2.35. The molecule has 4 aromatic rings. The third-order valence-electron chi connectivity index (χ3n) is 7.42. The molecule has 0 aliphatic carbocycles. The molecule has 0 saturated heterocycles. The number of rotatable bonds is 12. The van der Waals surface area contributed by atoms with Crippen molar-refractivity contribution < 1.29 is 27.1 Å². The predicted octanol–water partition coefficient (Wildman–Crippen LogP) is 5.66. The van der Waals surface area contributed by atoms with Crippen LogP contribution in [0.25, 0.3) is 11.5 Å². The van der Waals surface area contributed by atoms with E-state index in [1.54, 1.807) is 19.1 Å². The number of carbonyl (C=O) groups is 1. The van der Waals surface area contributed by atoms with Crippen molar-refractivity contribution in [2.45, 2.75) is 52.0 Å². The van der Waals surface area contributed by atoms with Gasteiger partial charge in [-0.05, 0) is 75.1 Å². The number of ether oxygens (including phenoxy) is 2. The molecule has 0 saturated carbocycles. The van der Waals surface area contributed by atoms with Gasteiger partial charge in [-0.2, -0.15) is 4.31 Å². The summed E-state index contributed by atoms with van der Waals surface area (Å²) < 4.78 is 45.6. The molecule has 1 unspecified atom stereocenters. The molecule has 0 fully saturated rings. The summed E-state index contributed by atoms with van der Waals surface area (Å²) in [5, 5.41) is 2.32. The van der Waals surface area contributed by atoms with E-state index in [1.807, 2.05) is 74.5 Å². The molecule has 5 rings (SSSR count). The highest BCUT2D eigenvalue weighted by atomic mass is 32.2. The molecule has 43 heavy (non-hydrogen) atoms. The molecule has 1 aliphatic rings. The molecule has 1 N–H and O–H groups in total. The van der Waals surface area contributed by atoms with E-state index >= 15 is 0 Å². The van der Waals surface area contributed by atoms with Gasteiger partial charge in [0.2, 0.25) is 15.9 Å². The lowest BCUT2D eigenvalue weighted by Gasteiger charge is -2.31. The summed E-state index contributed by atoms with van der Waals surface area (Å²) in [6.45, 7) is 5.87. The van der Waals surface area contributed by atoms with E-state index in [0.717, 1.165) is 33.8 Å². The molecule has 0 bridgehead atoms. The fraction of sp³-hybridized carbons (Fsp3) is 0.333. The number of nitrogens with one attached hydrogen (secondary N) is 1. The van der Waals surface area contributed by atoms with Gasteiger partial charge in [0.05, 0.1) is 18.9 Å². The van der Waals surface area contributed by atoms with E-state index in [4.69, 9.17) is 13.9 Å². The lowest BCUT2D eigenvalue weighted by molar-refractivity contribution is -0.143. The van der Waals surface area contributed by atoms with Gasteiger partial charge < -0.3 is 19.2 Å². The zero-order valence-corrected chi connectivity index (χ0v) is 25.5. The third kappa shape index (κ3) is 7.44. The number of para-hydroxylation sites is 1. The van der Waals surface area contributed by atoms with E-state index in [1.165, 1.54) is 9.87 Å². The third-order valence-corrected chi connectivity index (χ3v) is 9.47. The Kier molecular flexibility index (Phi) is 9.47. The number of benzene rings is 3. The first kappa shape index (κ1) is 30.3. The summed E-state index contributed by atoms with van der Waals surface area (Å²) in [4.78, 5) is 17.0. The molecule has 0 amide bonds. The van der Waals surface area contributed by atoms with Crippen molar-refractivity contribution in [2.75, 3.05) is 25.1 Å². The molecule has 1 aliphatic heterocycles. The first-order valence-electron chi connectivity index (χ1n) is 14.5. The highest BCUT2D eigenvalue weighted by molar-refractivity contribution is 7.89. The van der Waals surface area contributed by atoms with Crippen molar-refractivity contribution in [1.82, 2.24) is 9.29 Å². The first-order valence-corrected chi connectivity index (χ1v) is 16.0. The molecular formula is C33H37N3O6S. The molecule has 9 nitrogen and oxygen atoms in total. The fourth-order valence-electron chi connectivity index (χ4n) is 5.04. The van der Waals surface area contributed by atoms with Crippen molar-refractivity contribution >= 4 is 21.7 Å². The van der Waals surface area contributed by atoms with Crippen LogP contribution in [0.2, 0.25) is 0 Å². The Balaban J connectivity index is 1.22. The van der Waals surface area contributed by atoms with Crippen LogP contribution in [0.5, 0.6) is 5.75 Å². The lowest BCUT2D eigenvalue weighted by Crippen LogP contribution is -2.46. The molecule has 1 aromatic heterocycles. The predicted molar refractivity (Wildman–Crippen MR) is 165 cm³/mol. The van der Waals surface area contributed by atoms with Crippen LogP contribution in [0.3, 0.4) is 0 Å². The van der Waals surface area contributed by atoms with Gasteiger partial charge in [-0.25, -0.2) is 13.4 Å². The fourth-order valence-corrected chi connectivity index (χ4v) is 6.71. The van der Waals surface area contributed by atoms with Crippen LogP contribution < -0.4 is 10.1 Å². The molecular weight excluding hydrogens is 566 g/mol. The molecule has 2 heterocycles. The van der Waals surface area contributed by atoms with Crippen LogP contribution in [0.4, 0.5) is 5.69 Å². The summed E-state index contributed by atoms with van der Waals surface area (Å²) in [5.41, 5.74) is 5.54. The van der Waals surface area contributed by atoms with Crippen molar-refractivity contribution in [3.05, 3.63) is 101 Å². The maximum absolute atomic E-state index is 13.7.